The second kappa shape index (κ2) is 4.72. The van der Waals surface area contributed by atoms with Crippen LogP contribution < -0.4 is 4.90 Å². The Hall–Kier alpha value is -1.36. The third kappa shape index (κ3) is 2.03. The van der Waals surface area contributed by atoms with E-state index in [4.69, 9.17) is 0 Å². The van der Waals surface area contributed by atoms with E-state index in [9.17, 15) is 0 Å². The van der Waals surface area contributed by atoms with Crippen LogP contribution in [0.4, 0.5) is 5.82 Å². The average Bonchev–Trinajstić information content (AvgIpc) is 2.85. The summed E-state index contributed by atoms with van der Waals surface area (Å²) < 4.78 is 2.21. The van der Waals surface area contributed by atoms with E-state index >= 15 is 0 Å². The van der Waals surface area contributed by atoms with Crippen LogP contribution in [-0.2, 0) is 18.4 Å². The van der Waals surface area contributed by atoms with Gasteiger partial charge in [0.05, 0.1) is 6.54 Å². The zero-order chi connectivity index (χ0) is 12.5. The van der Waals surface area contributed by atoms with Gasteiger partial charge in [0.25, 0.3) is 0 Å². The largest absolute Gasteiger partial charge is 0.347 e. The second-order valence-electron chi connectivity index (χ2n) is 4.58. The predicted octanol–water partition coefficient (Wildman–Crippen LogP) is 2.50. The molecule has 2 aromatic rings. The third-order valence-electron chi connectivity index (χ3n) is 3.31. The summed E-state index contributed by atoms with van der Waals surface area (Å²) in [4.78, 5) is 11.3. The molecular weight excluding hydrogens is 292 g/mol. The first-order valence-electron chi connectivity index (χ1n) is 6.04. The molecule has 2 aromatic heterocycles. The second-order valence-corrected chi connectivity index (χ2v) is 5.14. The molecule has 0 saturated carbocycles. The van der Waals surface area contributed by atoms with Crippen molar-refractivity contribution in [2.24, 2.45) is 0 Å². The molecule has 0 fully saturated rings. The third-order valence-corrected chi connectivity index (χ3v) is 3.95. The Kier molecular flexibility index (Phi) is 3.07. The number of rotatable bonds is 2. The molecule has 0 radical (unpaired) electrons. The number of aryl methyl sites for hydroxylation is 1. The summed E-state index contributed by atoms with van der Waals surface area (Å²) in [5.74, 6) is 2.20. The maximum Gasteiger partial charge on any atom is 0.131 e. The SMILES string of the molecule is Cc1cc(CBr)cnc1N1CCn2ccnc2C1. The number of imidazole rings is 1. The van der Waals surface area contributed by atoms with E-state index in [1.54, 1.807) is 0 Å². The lowest BCUT2D eigenvalue weighted by molar-refractivity contribution is 0.555. The van der Waals surface area contributed by atoms with Crippen LogP contribution in [0, 0.1) is 6.92 Å². The van der Waals surface area contributed by atoms with Gasteiger partial charge in [0.1, 0.15) is 11.6 Å². The van der Waals surface area contributed by atoms with Crippen molar-refractivity contribution < 1.29 is 0 Å². The molecule has 4 nitrogen and oxygen atoms in total. The van der Waals surface area contributed by atoms with Crippen molar-refractivity contribution in [2.45, 2.75) is 25.3 Å². The Balaban J connectivity index is 1.88. The zero-order valence-electron chi connectivity index (χ0n) is 10.3. The van der Waals surface area contributed by atoms with Gasteiger partial charge in [0.15, 0.2) is 0 Å². The fraction of sp³-hybridized carbons (Fsp3) is 0.385. The highest BCUT2D eigenvalue weighted by Crippen LogP contribution is 2.22. The van der Waals surface area contributed by atoms with Crippen molar-refractivity contribution >= 4 is 21.7 Å². The Labute approximate surface area is 115 Å². The minimum Gasteiger partial charge on any atom is -0.347 e. The molecule has 0 unspecified atom stereocenters. The van der Waals surface area contributed by atoms with Crippen molar-refractivity contribution in [1.82, 2.24) is 14.5 Å². The molecule has 0 amide bonds. The molecule has 0 N–H and O–H groups in total. The van der Waals surface area contributed by atoms with E-state index in [1.165, 1.54) is 11.1 Å². The van der Waals surface area contributed by atoms with Crippen LogP contribution in [0.15, 0.2) is 24.7 Å². The topological polar surface area (TPSA) is 34.0 Å². The first-order chi connectivity index (χ1) is 8.78. The summed E-state index contributed by atoms with van der Waals surface area (Å²) >= 11 is 3.46. The van der Waals surface area contributed by atoms with Crippen molar-refractivity contribution in [1.29, 1.82) is 0 Å². The van der Waals surface area contributed by atoms with Crippen molar-refractivity contribution in [3.63, 3.8) is 0 Å². The van der Waals surface area contributed by atoms with Gasteiger partial charge in [-0.1, -0.05) is 22.0 Å². The van der Waals surface area contributed by atoms with Gasteiger partial charge in [-0.25, -0.2) is 9.97 Å². The molecule has 0 spiro atoms. The van der Waals surface area contributed by atoms with E-state index in [2.05, 4.69) is 48.4 Å². The molecule has 0 aliphatic carbocycles. The number of aromatic nitrogens is 3. The highest BCUT2D eigenvalue weighted by atomic mass is 79.9. The van der Waals surface area contributed by atoms with Gasteiger partial charge in [-0.2, -0.15) is 0 Å². The molecule has 3 rings (SSSR count). The lowest BCUT2D eigenvalue weighted by Crippen LogP contribution is -2.34. The van der Waals surface area contributed by atoms with Gasteiger partial charge in [-0.15, -0.1) is 0 Å². The number of hydrogen-bond donors (Lipinski definition) is 0. The van der Waals surface area contributed by atoms with Crippen LogP contribution in [0.5, 0.6) is 0 Å². The van der Waals surface area contributed by atoms with Crippen LogP contribution in [0.1, 0.15) is 17.0 Å². The van der Waals surface area contributed by atoms with Gasteiger partial charge < -0.3 is 9.47 Å². The number of hydrogen-bond acceptors (Lipinski definition) is 3. The number of nitrogens with zero attached hydrogens (tertiary/aromatic N) is 4. The minimum absolute atomic E-state index is 0.842. The number of anilines is 1. The lowest BCUT2D eigenvalue weighted by Gasteiger charge is -2.29. The fourth-order valence-electron chi connectivity index (χ4n) is 2.38. The first-order valence-corrected chi connectivity index (χ1v) is 7.16. The van der Waals surface area contributed by atoms with Gasteiger partial charge in [-0.05, 0) is 18.1 Å². The summed E-state index contributed by atoms with van der Waals surface area (Å²) in [6.45, 7) is 4.94. The van der Waals surface area contributed by atoms with E-state index in [-0.39, 0.29) is 0 Å². The normalized spacial score (nSPS) is 14.7. The maximum atomic E-state index is 4.59. The number of pyridine rings is 1. The summed E-state index contributed by atoms with van der Waals surface area (Å²) in [5.41, 5.74) is 2.45. The van der Waals surface area contributed by atoms with Crippen molar-refractivity contribution in [3.05, 3.63) is 41.6 Å². The maximum absolute atomic E-state index is 4.59. The monoisotopic (exact) mass is 306 g/mol. The molecule has 1 aliphatic rings. The number of alkyl halides is 1. The molecule has 0 saturated heterocycles. The fourth-order valence-corrected chi connectivity index (χ4v) is 2.69. The van der Waals surface area contributed by atoms with E-state index in [0.29, 0.717) is 0 Å². The van der Waals surface area contributed by atoms with Crippen molar-refractivity contribution in [3.8, 4) is 0 Å². The van der Waals surface area contributed by atoms with Gasteiger partial charge in [0.2, 0.25) is 0 Å². The van der Waals surface area contributed by atoms with Gasteiger partial charge in [-0.3, -0.25) is 0 Å². The standard InChI is InChI=1S/C13H15BrN4/c1-10-6-11(7-14)8-16-13(10)18-5-4-17-3-2-15-12(17)9-18/h2-3,6,8H,4-5,7,9H2,1H3. The zero-order valence-corrected chi connectivity index (χ0v) is 11.9. The first kappa shape index (κ1) is 11.7. The Morgan fingerprint density at radius 1 is 1.33 bits per heavy atom. The minimum atomic E-state index is 0.842. The smallest absolute Gasteiger partial charge is 0.131 e. The Bertz CT molecular complexity index is 564. The lowest BCUT2D eigenvalue weighted by atomic mass is 10.2. The highest BCUT2D eigenvalue weighted by molar-refractivity contribution is 9.08. The quantitative estimate of drug-likeness (QED) is 0.800. The molecule has 0 aromatic carbocycles. The Morgan fingerprint density at radius 3 is 3.00 bits per heavy atom. The molecule has 1 aliphatic heterocycles. The van der Waals surface area contributed by atoms with E-state index < -0.39 is 0 Å². The van der Waals surface area contributed by atoms with E-state index in [1.807, 2.05) is 18.6 Å². The summed E-state index contributed by atoms with van der Waals surface area (Å²) in [7, 11) is 0. The molecular formula is C13H15BrN4. The van der Waals surface area contributed by atoms with Crippen LogP contribution in [0.2, 0.25) is 0 Å². The van der Waals surface area contributed by atoms with Crippen LogP contribution >= 0.6 is 15.9 Å². The summed E-state index contributed by atoms with van der Waals surface area (Å²) in [6, 6.07) is 2.19. The molecule has 0 atom stereocenters. The predicted molar refractivity (Wildman–Crippen MR) is 74.9 cm³/mol. The number of fused-ring (bicyclic) bond motifs is 1. The average molecular weight is 307 g/mol. The van der Waals surface area contributed by atoms with Gasteiger partial charge >= 0.3 is 0 Å². The molecule has 3 heterocycles. The summed E-state index contributed by atoms with van der Waals surface area (Å²) in [6.07, 6.45) is 5.85. The van der Waals surface area contributed by atoms with Crippen LogP contribution in [-0.4, -0.2) is 21.1 Å². The highest BCUT2D eigenvalue weighted by Gasteiger charge is 2.19. The van der Waals surface area contributed by atoms with E-state index in [0.717, 1.165) is 36.6 Å². The molecule has 18 heavy (non-hydrogen) atoms. The molecule has 94 valence electrons. The van der Waals surface area contributed by atoms with Crippen LogP contribution in [0.3, 0.4) is 0 Å². The van der Waals surface area contributed by atoms with Crippen LogP contribution in [0.25, 0.3) is 0 Å². The molecule has 0 bridgehead atoms. The summed E-state index contributed by atoms with van der Waals surface area (Å²) in [5, 5.41) is 0.853. The Morgan fingerprint density at radius 2 is 2.22 bits per heavy atom. The van der Waals surface area contributed by atoms with Gasteiger partial charge in [0, 0.05) is 37.0 Å². The van der Waals surface area contributed by atoms with Crippen molar-refractivity contribution in [2.75, 3.05) is 11.4 Å². The number of halogens is 1. The molecule has 5 heteroatoms.